The summed E-state index contributed by atoms with van der Waals surface area (Å²) in [4.78, 5) is 7.91. The smallest absolute Gasteiger partial charge is 0.260 e. The molecule has 2 aromatic rings. The van der Waals surface area contributed by atoms with Crippen molar-refractivity contribution in [1.82, 2.24) is 14.7 Å². The highest BCUT2D eigenvalue weighted by molar-refractivity contribution is 7.89. The Hall–Kier alpha value is -1.55. The minimum absolute atomic E-state index is 0.138. The third-order valence-electron chi connectivity index (χ3n) is 2.33. The number of nitrogens with one attached hydrogen (secondary N) is 2. The first-order chi connectivity index (χ1) is 9.04. The lowest BCUT2D eigenvalue weighted by atomic mass is 10.4. The monoisotopic (exact) mass is 299 g/mol. The number of sulfonamides is 1. The van der Waals surface area contributed by atoms with E-state index in [1.165, 1.54) is 23.6 Å². The van der Waals surface area contributed by atoms with Gasteiger partial charge in [0.2, 0.25) is 0 Å². The molecule has 102 valence electrons. The zero-order chi connectivity index (χ0) is 13.9. The molecule has 1 atom stereocenters. The molecule has 2 heterocycles. The number of nitrogens with two attached hydrogens (primary N) is 1. The summed E-state index contributed by atoms with van der Waals surface area (Å²) >= 11 is 1.38. The van der Waals surface area contributed by atoms with Crippen molar-refractivity contribution in [3.8, 4) is 0 Å². The topological polar surface area (TPSA) is 110 Å². The zero-order valence-electron chi connectivity index (χ0n) is 10.1. The SMILES string of the molecule is CC(NS(=O)(=O)c1ncccc1NN)c1nccs1. The van der Waals surface area contributed by atoms with E-state index in [9.17, 15) is 8.42 Å². The molecule has 0 aliphatic heterocycles. The fourth-order valence-electron chi connectivity index (χ4n) is 1.50. The molecule has 0 aromatic carbocycles. The Morgan fingerprint density at radius 3 is 2.79 bits per heavy atom. The van der Waals surface area contributed by atoms with Crippen molar-refractivity contribution in [1.29, 1.82) is 0 Å². The maximum absolute atomic E-state index is 12.2. The number of hydrogen-bond acceptors (Lipinski definition) is 7. The van der Waals surface area contributed by atoms with Crippen LogP contribution in [0.15, 0.2) is 34.9 Å². The van der Waals surface area contributed by atoms with Gasteiger partial charge in [-0.05, 0) is 19.1 Å². The molecule has 0 saturated carbocycles. The van der Waals surface area contributed by atoms with Crippen LogP contribution in [0.3, 0.4) is 0 Å². The molecule has 4 N–H and O–H groups in total. The average molecular weight is 299 g/mol. The minimum Gasteiger partial charge on any atom is -0.321 e. The van der Waals surface area contributed by atoms with Crippen molar-refractivity contribution in [3.05, 3.63) is 34.9 Å². The van der Waals surface area contributed by atoms with Crippen LogP contribution in [0.1, 0.15) is 18.0 Å². The molecular weight excluding hydrogens is 286 g/mol. The standard InChI is InChI=1S/C10H13N5O2S2/c1-7(9-12-5-6-18-9)15-19(16,17)10-8(14-11)3-2-4-13-10/h2-7,14-15H,11H2,1H3. The molecule has 7 nitrogen and oxygen atoms in total. The first-order valence-electron chi connectivity index (χ1n) is 5.38. The summed E-state index contributed by atoms with van der Waals surface area (Å²) in [6.07, 6.45) is 3.02. The van der Waals surface area contributed by atoms with Crippen molar-refractivity contribution in [2.45, 2.75) is 18.0 Å². The Morgan fingerprint density at radius 2 is 2.16 bits per heavy atom. The van der Waals surface area contributed by atoms with Gasteiger partial charge in [-0.1, -0.05) is 0 Å². The molecule has 2 rings (SSSR count). The van der Waals surface area contributed by atoms with Crippen molar-refractivity contribution in [2.75, 3.05) is 5.43 Å². The second kappa shape index (κ2) is 5.61. The number of nitrogens with zero attached hydrogens (tertiary/aromatic N) is 2. The van der Waals surface area contributed by atoms with Gasteiger partial charge >= 0.3 is 0 Å². The lowest BCUT2D eigenvalue weighted by Gasteiger charge is -2.13. The Labute approximate surface area is 114 Å². The van der Waals surface area contributed by atoms with E-state index in [1.54, 1.807) is 24.6 Å². The highest BCUT2D eigenvalue weighted by Crippen LogP contribution is 2.21. The number of rotatable bonds is 5. The van der Waals surface area contributed by atoms with Crippen molar-refractivity contribution in [3.63, 3.8) is 0 Å². The molecule has 2 aromatic heterocycles. The first-order valence-corrected chi connectivity index (χ1v) is 7.74. The van der Waals surface area contributed by atoms with Crippen LogP contribution in [0.4, 0.5) is 5.69 Å². The van der Waals surface area contributed by atoms with E-state index < -0.39 is 16.1 Å². The highest BCUT2D eigenvalue weighted by atomic mass is 32.2. The maximum atomic E-state index is 12.2. The zero-order valence-corrected chi connectivity index (χ0v) is 11.7. The third kappa shape index (κ3) is 3.07. The Morgan fingerprint density at radius 1 is 1.37 bits per heavy atom. The Kier molecular flexibility index (Phi) is 4.10. The van der Waals surface area contributed by atoms with Gasteiger partial charge < -0.3 is 5.43 Å². The Balaban J connectivity index is 2.28. The number of pyridine rings is 1. The number of aromatic nitrogens is 2. The van der Waals surface area contributed by atoms with Gasteiger partial charge in [-0.2, -0.15) is 0 Å². The molecule has 0 bridgehead atoms. The molecule has 1 unspecified atom stereocenters. The van der Waals surface area contributed by atoms with Gasteiger partial charge in [0.05, 0.1) is 11.7 Å². The van der Waals surface area contributed by atoms with Crippen LogP contribution in [0.25, 0.3) is 0 Å². The second-order valence-electron chi connectivity index (χ2n) is 3.71. The van der Waals surface area contributed by atoms with Gasteiger partial charge in [-0.25, -0.2) is 23.1 Å². The summed E-state index contributed by atoms with van der Waals surface area (Å²) in [6, 6.07) is 2.70. The molecule has 19 heavy (non-hydrogen) atoms. The number of hydrogen-bond donors (Lipinski definition) is 3. The van der Waals surface area contributed by atoms with Crippen LogP contribution in [0.5, 0.6) is 0 Å². The molecule has 9 heteroatoms. The fraction of sp³-hybridized carbons (Fsp3) is 0.200. The molecule has 0 radical (unpaired) electrons. The summed E-state index contributed by atoms with van der Waals surface area (Å²) < 4.78 is 27.0. The molecular formula is C10H13N5O2S2. The van der Waals surface area contributed by atoms with E-state index in [4.69, 9.17) is 5.84 Å². The summed E-state index contributed by atoms with van der Waals surface area (Å²) in [5.41, 5.74) is 2.55. The summed E-state index contributed by atoms with van der Waals surface area (Å²) in [5, 5.41) is 2.33. The van der Waals surface area contributed by atoms with Crippen LogP contribution in [0, 0.1) is 0 Å². The van der Waals surface area contributed by atoms with Crippen molar-refractivity contribution in [2.24, 2.45) is 5.84 Å². The van der Waals surface area contributed by atoms with Crippen LogP contribution >= 0.6 is 11.3 Å². The molecule has 0 fully saturated rings. The van der Waals surface area contributed by atoms with Crippen LogP contribution in [-0.2, 0) is 10.0 Å². The van der Waals surface area contributed by atoms with E-state index in [0.29, 0.717) is 5.01 Å². The van der Waals surface area contributed by atoms with Gasteiger partial charge in [0, 0.05) is 17.8 Å². The average Bonchev–Trinajstić information content (AvgIpc) is 2.92. The van der Waals surface area contributed by atoms with E-state index >= 15 is 0 Å². The lowest BCUT2D eigenvalue weighted by molar-refractivity contribution is 0.563. The number of thiazole rings is 1. The summed E-state index contributed by atoms with van der Waals surface area (Å²) in [7, 11) is -3.77. The molecule has 0 aliphatic rings. The van der Waals surface area contributed by atoms with Gasteiger partial charge in [-0.3, -0.25) is 5.84 Å². The van der Waals surface area contributed by atoms with E-state index in [1.807, 2.05) is 0 Å². The van der Waals surface area contributed by atoms with Crippen LogP contribution in [0.2, 0.25) is 0 Å². The predicted octanol–water partition coefficient (Wildman–Crippen LogP) is 0.863. The quantitative estimate of drug-likeness (QED) is 0.558. The fourth-order valence-corrected chi connectivity index (χ4v) is 3.53. The second-order valence-corrected chi connectivity index (χ2v) is 6.27. The molecule has 0 amide bonds. The van der Waals surface area contributed by atoms with Crippen molar-refractivity contribution < 1.29 is 8.42 Å². The van der Waals surface area contributed by atoms with E-state index in [2.05, 4.69) is 20.1 Å². The first kappa shape index (κ1) is 13.9. The van der Waals surface area contributed by atoms with Crippen LogP contribution < -0.4 is 16.0 Å². The number of anilines is 1. The third-order valence-corrected chi connectivity index (χ3v) is 4.79. The Bertz CT molecular complexity index is 642. The normalized spacial score (nSPS) is 13.2. The summed E-state index contributed by atoms with van der Waals surface area (Å²) in [5.74, 6) is 5.28. The maximum Gasteiger partial charge on any atom is 0.260 e. The molecule has 0 aliphatic carbocycles. The van der Waals surface area contributed by atoms with Gasteiger partial charge in [-0.15, -0.1) is 11.3 Å². The largest absolute Gasteiger partial charge is 0.321 e. The highest BCUT2D eigenvalue weighted by Gasteiger charge is 2.23. The van der Waals surface area contributed by atoms with Gasteiger partial charge in [0.1, 0.15) is 5.01 Å². The molecule has 0 saturated heterocycles. The van der Waals surface area contributed by atoms with Crippen LogP contribution in [-0.4, -0.2) is 18.4 Å². The summed E-state index contributed by atoms with van der Waals surface area (Å²) in [6.45, 7) is 1.72. The van der Waals surface area contributed by atoms with E-state index in [0.717, 1.165) is 0 Å². The van der Waals surface area contributed by atoms with Gasteiger partial charge in [0.15, 0.2) is 5.03 Å². The molecule has 0 spiro atoms. The minimum atomic E-state index is -3.77. The number of hydrazine groups is 1. The predicted molar refractivity (Wildman–Crippen MR) is 72.9 cm³/mol. The van der Waals surface area contributed by atoms with Gasteiger partial charge in [0.25, 0.3) is 10.0 Å². The number of nitrogen functional groups attached to an aromatic ring is 1. The van der Waals surface area contributed by atoms with Crippen molar-refractivity contribution >= 4 is 27.0 Å². The van der Waals surface area contributed by atoms with E-state index in [-0.39, 0.29) is 10.7 Å². The lowest BCUT2D eigenvalue weighted by Crippen LogP contribution is -2.28.